The number of carbonyl (C=O) groups excluding carboxylic acids is 2. The molecule has 134 valence electrons. The largest absolute Gasteiger partial charge is 0.481 e. The monoisotopic (exact) mass is 363 g/mol. The molecule has 2 fully saturated rings. The molecular weight excluding hydrogens is 342 g/mol. The van der Waals surface area contributed by atoms with Crippen molar-refractivity contribution in [3.8, 4) is 0 Å². The topological polar surface area (TPSA) is 74.7 Å². The highest BCUT2D eigenvalue weighted by molar-refractivity contribution is 6.30. The number of carboxylic acid groups (broad SMARTS) is 1. The van der Waals surface area contributed by atoms with Gasteiger partial charge in [0, 0.05) is 36.0 Å². The van der Waals surface area contributed by atoms with Crippen molar-refractivity contribution in [2.45, 2.75) is 38.5 Å². The lowest BCUT2D eigenvalue weighted by Gasteiger charge is -2.39. The van der Waals surface area contributed by atoms with E-state index in [1.54, 1.807) is 29.2 Å². The van der Waals surface area contributed by atoms with Crippen molar-refractivity contribution < 1.29 is 19.5 Å². The Bertz CT molecular complexity index is 673. The Labute approximate surface area is 152 Å². The van der Waals surface area contributed by atoms with Gasteiger partial charge in [-0.25, -0.2) is 0 Å². The third-order valence-corrected chi connectivity index (χ3v) is 5.85. The van der Waals surface area contributed by atoms with Crippen LogP contribution in [0.5, 0.6) is 0 Å². The van der Waals surface area contributed by atoms with Crippen LogP contribution in [0.1, 0.15) is 48.9 Å². The van der Waals surface area contributed by atoms with Gasteiger partial charge in [-0.2, -0.15) is 0 Å². The van der Waals surface area contributed by atoms with Gasteiger partial charge in [0.15, 0.2) is 5.78 Å². The van der Waals surface area contributed by atoms with Gasteiger partial charge in [0.25, 0.3) is 0 Å². The minimum atomic E-state index is -0.861. The van der Waals surface area contributed by atoms with E-state index in [0.717, 1.165) is 6.42 Å². The maximum absolute atomic E-state index is 12.5. The number of amides is 1. The molecule has 1 saturated heterocycles. The first-order chi connectivity index (χ1) is 11.9. The van der Waals surface area contributed by atoms with E-state index in [9.17, 15) is 19.5 Å². The highest BCUT2D eigenvalue weighted by atomic mass is 35.5. The average Bonchev–Trinajstić information content (AvgIpc) is 2.58. The normalized spacial score (nSPS) is 20.0. The molecule has 0 aromatic heterocycles. The van der Waals surface area contributed by atoms with E-state index < -0.39 is 11.4 Å². The first-order valence-electron chi connectivity index (χ1n) is 8.72. The summed E-state index contributed by atoms with van der Waals surface area (Å²) in [6.07, 6.45) is 3.36. The van der Waals surface area contributed by atoms with Gasteiger partial charge in [-0.15, -0.1) is 0 Å². The number of carbonyl (C=O) groups is 3. The van der Waals surface area contributed by atoms with Crippen LogP contribution in [-0.2, 0) is 9.59 Å². The van der Waals surface area contributed by atoms with E-state index in [1.807, 2.05) is 0 Å². The number of rotatable bonds is 5. The van der Waals surface area contributed by atoms with Crippen LogP contribution in [-0.4, -0.2) is 40.8 Å². The Morgan fingerprint density at radius 2 is 1.72 bits per heavy atom. The molecule has 1 aromatic rings. The second kappa shape index (κ2) is 7.16. The molecule has 2 aliphatic rings. The summed E-state index contributed by atoms with van der Waals surface area (Å²) in [7, 11) is 0. The van der Waals surface area contributed by atoms with Crippen molar-refractivity contribution in [2.75, 3.05) is 13.1 Å². The van der Waals surface area contributed by atoms with E-state index in [-0.39, 0.29) is 24.0 Å². The fourth-order valence-corrected chi connectivity index (χ4v) is 3.84. The van der Waals surface area contributed by atoms with Crippen LogP contribution < -0.4 is 0 Å². The van der Waals surface area contributed by atoms with Crippen LogP contribution in [0.4, 0.5) is 0 Å². The molecule has 1 aromatic carbocycles. The molecule has 0 bridgehead atoms. The summed E-state index contributed by atoms with van der Waals surface area (Å²) in [6, 6.07) is 6.87. The van der Waals surface area contributed by atoms with Gasteiger partial charge in [0.2, 0.25) is 5.91 Å². The number of ketones is 1. The van der Waals surface area contributed by atoms with Gasteiger partial charge in [0.05, 0.1) is 5.41 Å². The zero-order chi connectivity index (χ0) is 18.0. The van der Waals surface area contributed by atoms with Crippen molar-refractivity contribution in [3.63, 3.8) is 0 Å². The number of Topliss-reactive ketones (excluding diaryl/α,β-unsaturated/α-hetero) is 1. The van der Waals surface area contributed by atoms with Gasteiger partial charge in [-0.3, -0.25) is 14.4 Å². The van der Waals surface area contributed by atoms with Gasteiger partial charge in [-0.05, 0) is 49.9 Å². The number of halogens is 1. The first kappa shape index (κ1) is 17.9. The molecule has 0 radical (unpaired) electrons. The number of carboxylic acids is 1. The van der Waals surface area contributed by atoms with Crippen LogP contribution in [0.2, 0.25) is 5.02 Å². The molecular formula is C19H22ClNO4. The summed E-state index contributed by atoms with van der Waals surface area (Å²) in [4.78, 5) is 38.1. The number of nitrogens with zero attached hydrogens (tertiary/aromatic N) is 1. The Morgan fingerprint density at radius 1 is 1.12 bits per heavy atom. The number of aliphatic carboxylic acids is 1. The third kappa shape index (κ3) is 3.71. The molecule has 1 aliphatic carbocycles. The van der Waals surface area contributed by atoms with Crippen molar-refractivity contribution in [3.05, 3.63) is 34.9 Å². The van der Waals surface area contributed by atoms with E-state index in [2.05, 4.69) is 0 Å². The lowest BCUT2D eigenvalue weighted by Crippen LogP contribution is -2.46. The van der Waals surface area contributed by atoms with Crippen LogP contribution in [0.25, 0.3) is 0 Å². The SMILES string of the molecule is O=C(c1ccc(Cl)cc1)C1CCN(C(=O)CC2(C(=O)O)CCC2)CC1. The number of hydrogen-bond donors (Lipinski definition) is 1. The molecule has 0 atom stereocenters. The average molecular weight is 364 g/mol. The van der Waals surface area contributed by atoms with Crippen molar-refractivity contribution in [1.29, 1.82) is 0 Å². The molecule has 3 rings (SSSR count). The summed E-state index contributed by atoms with van der Waals surface area (Å²) in [5.41, 5.74) is -0.207. The second-order valence-corrected chi connectivity index (χ2v) is 7.58. The summed E-state index contributed by atoms with van der Waals surface area (Å²) in [5.74, 6) is -0.966. The van der Waals surface area contributed by atoms with E-state index in [4.69, 9.17) is 11.6 Å². The summed E-state index contributed by atoms with van der Waals surface area (Å²) in [5, 5.41) is 9.96. The molecule has 25 heavy (non-hydrogen) atoms. The third-order valence-electron chi connectivity index (χ3n) is 5.60. The number of hydrogen-bond acceptors (Lipinski definition) is 3. The highest BCUT2D eigenvalue weighted by Crippen LogP contribution is 2.44. The van der Waals surface area contributed by atoms with E-state index >= 15 is 0 Å². The fourth-order valence-electron chi connectivity index (χ4n) is 3.71. The van der Waals surface area contributed by atoms with Gasteiger partial charge < -0.3 is 10.0 Å². The molecule has 1 N–H and O–H groups in total. The fraction of sp³-hybridized carbons (Fsp3) is 0.526. The molecule has 6 heteroatoms. The van der Waals surface area contributed by atoms with Gasteiger partial charge in [0.1, 0.15) is 0 Å². The smallest absolute Gasteiger partial charge is 0.310 e. The summed E-state index contributed by atoms with van der Waals surface area (Å²) < 4.78 is 0. The first-order valence-corrected chi connectivity index (χ1v) is 9.10. The van der Waals surface area contributed by atoms with Crippen LogP contribution in [0, 0.1) is 11.3 Å². The van der Waals surface area contributed by atoms with Crippen LogP contribution in [0.15, 0.2) is 24.3 Å². The maximum Gasteiger partial charge on any atom is 0.310 e. The predicted molar refractivity (Wildman–Crippen MR) is 93.6 cm³/mol. The molecule has 1 amide bonds. The Balaban J connectivity index is 1.54. The zero-order valence-corrected chi connectivity index (χ0v) is 14.8. The van der Waals surface area contributed by atoms with Crippen molar-refractivity contribution >= 4 is 29.3 Å². The Hall–Kier alpha value is -1.88. The Morgan fingerprint density at radius 3 is 2.20 bits per heavy atom. The van der Waals surface area contributed by atoms with E-state index in [1.165, 1.54) is 0 Å². The van der Waals surface area contributed by atoms with Crippen LogP contribution >= 0.6 is 11.6 Å². The second-order valence-electron chi connectivity index (χ2n) is 7.14. The molecule has 0 spiro atoms. The minimum absolute atomic E-state index is 0.0815. The molecule has 5 nitrogen and oxygen atoms in total. The molecule has 1 heterocycles. The molecule has 1 saturated carbocycles. The summed E-state index contributed by atoms with van der Waals surface area (Å²) >= 11 is 5.85. The standard InChI is InChI=1S/C19H22ClNO4/c20-15-4-2-13(3-5-15)17(23)14-6-10-21(11-7-14)16(22)12-19(18(24)25)8-1-9-19/h2-5,14H,1,6-12H2,(H,24,25). The quantitative estimate of drug-likeness (QED) is 0.813. The maximum atomic E-state index is 12.5. The van der Waals surface area contributed by atoms with Crippen LogP contribution in [0.3, 0.4) is 0 Å². The van der Waals surface area contributed by atoms with Gasteiger partial charge >= 0.3 is 5.97 Å². The number of piperidine rings is 1. The summed E-state index contributed by atoms with van der Waals surface area (Å²) in [6.45, 7) is 1.02. The minimum Gasteiger partial charge on any atom is -0.481 e. The van der Waals surface area contributed by atoms with Gasteiger partial charge in [-0.1, -0.05) is 18.0 Å². The predicted octanol–water partition coefficient (Wildman–Crippen LogP) is 3.41. The Kier molecular flexibility index (Phi) is 5.13. The van der Waals surface area contributed by atoms with Crippen molar-refractivity contribution in [1.82, 2.24) is 4.90 Å². The number of benzene rings is 1. The molecule has 1 aliphatic heterocycles. The molecule has 0 unspecified atom stereocenters. The lowest BCUT2D eigenvalue weighted by molar-refractivity contribution is -0.159. The van der Waals surface area contributed by atoms with E-state index in [0.29, 0.717) is 49.4 Å². The number of likely N-dealkylation sites (tertiary alicyclic amines) is 1. The van der Waals surface area contributed by atoms with Crippen molar-refractivity contribution in [2.24, 2.45) is 11.3 Å². The highest BCUT2D eigenvalue weighted by Gasteiger charge is 2.46. The lowest BCUT2D eigenvalue weighted by atomic mass is 9.66. The zero-order valence-electron chi connectivity index (χ0n) is 14.0.